The molecule has 0 atom stereocenters. The number of hydrogen-bond donors (Lipinski definition) is 1. The first-order valence-corrected chi connectivity index (χ1v) is 6.77. The molecule has 1 fully saturated rings. The molecule has 1 aliphatic rings. The van der Waals surface area contributed by atoms with Crippen LogP contribution in [0.25, 0.3) is 0 Å². The SMILES string of the molecule is Cc1ccc(CN(C)CCN2CCNCC2)cn1. The van der Waals surface area contributed by atoms with Gasteiger partial charge in [-0.15, -0.1) is 0 Å². The molecule has 0 amide bonds. The van der Waals surface area contributed by atoms with Crippen molar-refractivity contribution in [3.05, 3.63) is 29.6 Å². The average molecular weight is 248 g/mol. The van der Waals surface area contributed by atoms with Crippen LogP contribution < -0.4 is 5.32 Å². The van der Waals surface area contributed by atoms with E-state index in [0.29, 0.717) is 0 Å². The highest BCUT2D eigenvalue weighted by Crippen LogP contribution is 2.03. The molecule has 1 aromatic rings. The summed E-state index contributed by atoms with van der Waals surface area (Å²) < 4.78 is 0. The maximum absolute atomic E-state index is 4.34. The van der Waals surface area contributed by atoms with Crippen molar-refractivity contribution < 1.29 is 0 Å². The van der Waals surface area contributed by atoms with Crippen LogP contribution in [0.4, 0.5) is 0 Å². The summed E-state index contributed by atoms with van der Waals surface area (Å²) in [5.41, 5.74) is 2.38. The zero-order chi connectivity index (χ0) is 12.8. The highest BCUT2D eigenvalue weighted by Gasteiger charge is 2.10. The van der Waals surface area contributed by atoms with Gasteiger partial charge in [-0.3, -0.25) is 9.88 Å². The van der Waals surface area contributed by atoms with Crippen LogP contribution in [-0.4, -0.2) is 61.1 Å². The number of likely N-dealkylation sites (N-methyl/N-ethyl adjacent to an activating group) is 1. The third-order valence-corrected chi connectivity index (χ3v) is 3.43. The number of pyridine rings is 1. The van der Waals surface area contributed by atoms with Crippen molar-refractivity contribution in [2.75, 3.05) is 46.3 Å². The first-order valence-electron chi connectivity index (χ1n) is 6.77. The Kier molecular flexibility index (Phi) is 5.11. The molecule has 4 nitrogen and oxygen atoms in total. The quantitative estimate of drug-likeness (QED) is 0.832. The molecule has 100 valence electrons. The van der Waals surface area contributed by atoms with E-state index in [1.165, 1.54) is 18.7 Å². The molecule has 1 N–H and O–H groups in total. The largest absolute Gasteiger partial charge is 0.314 e. The fourth-order valence-corrected chi connectivity index (χ4v) is 2.23. The lowest BCUT2D eigenvalue weighted by molar-refractivity contribution is 0.202. The van der Waals surface area contributed by atoms with E-state index >= 15 is 0 Å². The lowest BCUT2D eigenvalue weighted by Crippen LogP contribution is -2.45. The van der Waals surface area contributed by atoms with E-state index in [2.05, 4.69) is 39.3 Å². The Morgan fingerprint density at radius 3 is 2.78 bits per heavy atom. The Balaban J connectivity index is 1.71. The van der Waals surface area contributed by atoms with Crippen molar-refractivity contribution >= 4 is 0 Å². The smallest absolute Gasteiger partial charge is 0.0372 e. The Bertz CT molecular complexity index is 343. The van der Waals surface area contributed by atoms with E-state index in [9.17, 15) is 0 Å². The summed E-state index contributed by atoms with van der Waals surface area (Å²) in [5, 5.41) is 3.38. The van der Waals surface area contributed by atoms with Crippen molar-refractivity contribution in [3.8, 4) is 0 Å². The lowest BCUT2D eigenvalue weighted by Gasteiger charge is -2.29. The molecular weight excluding hydrogens is 224 g/mol. The standard InChI is InChI=1S/C14H24N4/c1-13-3-4-14(11-16-13)12-17(2)9-10-18-7-5-15-6-8-18/h3-4,11,15H,5-10,12H2,1-2H3. The molecule has 1 aliphatic heterocycles. The molecular formula is C14H24N4. The normalized spacial score (nSPS) is 17.3. The predicted molar refractivity (Wildman–Crippen MR) is 74.6 cm³/mol. The maximum Gasteiger partial charge on any atom is 0.0372 e. The third kappa shape index (κ3) is 4.37. The topological polar surface area (TPSA) is 31.4 Å². The van der Waals surface area contributed by atoms with Crippen molar-refractivity contribution in [3.63, 3.8) is 0 Å². The minimum atomic E-state index is 0.985. The number of piperazine rings is 1. The minimum absolute atomic E-state index is 0.985. The summed E-state index contributed by atoms with van der Waals surface area (Å²) in [5.74, 6) is 0. The van der Waals surface area contributed by atoms with Crippen molar-refractivity contribution in [1.29, 1.82) is 0 Å². The summed E-state index contributed by atoms with van der Waals surface area (Å²) >= 11 is 0. The van der Waals surface area contributed by atoms with Crippen LogP contribution >= 0.6 is 0 Å². The Hall–Kier alpha value is -0.970. The van der Waals surface area contributed by atoms with Gasteiger partial charge in [-0.05, 0) is 25.6 Å². The fourth-order valence-electron chi connectivity index (χ4n) is 2.23. The molecule has 0 bridgehead atoms. The summed E-state index contributed by atoms with van der Waals surface area (Å²) in [6.07, 6.45) is 1.98. The van der Waals surface area contributed by atoms with Gasteiger partial charge in [0.25, 0.3) is 0 Å². The third-order valence-electron chi connectivity index (χ3n) is 3.43. The van der Waals surface area contributed by atoms with Crippen molar-refractivity contribution in [2.45, 2.75) is 13.5 Å². The van der Waals surface area contributed by atoms with Crippen LogP contribution in [0.1, 0.15) is 11.3 Å². The van der Waals surface area contributed by atoms with Gasteiger partial charge in [-0.2, -0.15) is 0 Å². The van der Waals surface area contributed by atoms with Crippen LogP contribution in [0.2, 0.25) is 0 Å². The zero-order valence-electron chi connectivity index (χ0n) is 11.5. The first-order chi connectivity index (χ1) is 8.74. The first kappa shape index (κ1) is 13.5. The van der Waals surface area contributed by atoms with E-state index < -0.39 is 0 Å². The van der Waals surface area contributed by atoms with Crippen molar-refractivity contribution in [2.24, 2.45) is 0 Å². The number of aromatic nitrogens is 1. The second kappa shape index (κ2) is 6.83. The molecule has 0 aromatic carbocycles. The molecule has 2 heterocycles. The van der Waals surface area contributed by atoms with E-state index in [-0.39, 0.29) is 0 Å². The molecule has 0 saturated carbocycles. The molecule has 1 saturated heterocycles. The molecule has 2 rings (SSSR count). The second-order valence-corrected chi connectivity index (χ2v) is 5.14. The van der Waals surface area contributed by atoms with Gasteiger partial charge in [0.1, 0.15) is 0 Å². The van der Waals surface area contributed by atoms with Gasteiger partial charge in [0.05, 0.1) is 0 Å². The highest BCUT2D eigenvalue weighted by atomic mass is 15.2. The molecule has 1 aromatic heterocycles. The Labute approximate surface area is 110 Å². The summed E-state index contributed by atoms with van der Waals surface area (Å²) in [7, 11) is 2.18. The van der Waals surface area contributed by atoms with Crippen LogP contribution in [0.5, 0.6) is 0 Å². The van der Waals surface area contributed by atoms with Gasteiger partial charge >= 0.3 is 0 Å². The number of nitrogens with zero attached hydrogens (tertiary/aromatic N) is 3. The van der Waals surface area contributed by atoms with Crippen LogP contribution in [0, 0.1) is 6.92 Å². The maximum atomic E-state index is 4.34. The molecule has 0 spiro atoms. The van der Waals surface area contributed by atoms with Crippen LogP contribution in [0.3, 0.4) is 0 Å². The highest BCUT2D eigenvalue weighted by molar-refractivity contribution is 5.12. The summed E-state index contributed by atoms with van der Waals surface area (Å²) in [4.78, 5) is 9.23. The van der Waals surface area contributed by atoms with Gasteiger partial charge in [0.15, 0.2) is 0 Å². The fraction of sp³-hybridized carbons (Fsp3) is 0.643. The van der Waals surface area contributed by atoms with E-state index in [0.717, 1.165) is 38.4 Å². The predicted octanol–water partition coefficient (Wildman–Crippen LogP) is 0.727. The molecule has 0 radical (unpaired) electrons. The van der Waals surface area contributed by atoms with Gasteiger partial charge in [0, 0.05) is 57.7 Å². The summed E-state index contributed by atoms with van der Waals surface area (Å²) in [6.45, 7) is 9.92. The molecule has 0 aliphatic carbocycles. The molecule has 18 heavy (non-hydrogen) atoms. The average Bonchev–Trinajstić information content (AvgIpc) is 2.40. The number of rotatable bonds is 5. The zero-order valence-corrected chi connectivity index (χ0v) is 11.5. The van der Waals surface area contributed by atoms with E-state index in [1.54, 1.807) is 0 Å². The number of nitrogens with one attached hydrogen (secondary N) is 1. The molecule has 0 unspecified atom stereocenters. The van der Waals surface area contributed by atoms with Gasteiger partial charge in [-0.25, -0.2) is 0 Å². The van der Waals surface area contributed by atoms with Gasteiger partial charge in [-0.1, -0.05) is 6.07 Å². The minimum Gasteiger partial charge on any atom is -0.314 e. The van der Waals surface area contributed by atoms with Gasteiger partial charge < -0.3 is 10.2 Å². The second-order valence-electron chi connectivity index (χ2n) is 5.14. The van der Waals surface area contributed by atoms with Crippen LogP contribution in [-0.2, 0) is 6.54 Å². The lowest BCUT2D eigenvalue weighted by atomic mass is 10.2. The summed E-state index contributed by atoms with van der Waals surface area (Å²) in [6, 6.07) is 4.25. The van der Waals surface area contributed by atoms with Crippen molar-refractivity contribution in [1.82, 2.24) is 20.1 Å². The number of aryl methyl sites for hydroxylation is 1. The Morgan fingerprint density at radius 1 is 1.33 bits per heavy atom. The van der Waals surface area contributed by atoms with E-state index in [1.807, 2.05) is 13.1 Å². The Morgan fingerprint density at radius 2 is 2.11 bits per heavy atom. The number of hydrogen-bond acceptors (Lipinski definition) is 4. The van der Waals surface area contributed by atoms with Crippen LogP contribution in [0.15, 0.2) is 18.3 Å². The van der Waals surface area contributed by atoms with Gasteiger partial charge in [0.2, 0.25) is 0 Å². The monoisotopic (exact) mass is 248 g/mol. The molecule has 4 heteroatoms. The van der Waals surface area contributed by atoms with E-state index in [4.69, 9.17) is 0 Å².